The van der Waals surface area contributed by atoms with Gasteiger partial charge in [-0.2, -0.15) is 17.0 Å². The zero-order valence-electron chi connectivity index (χ0n) is 14.3. The molecule has 0 aliphatic heterocycles. The van der Waals surface area contributed by atoms with Crippen molar-refractivity contribution in [2.45, 2.75) is 77.6 Å². The van der Waals surface area contributed by atoms with E-state index >= 15 is 0 Å². The van der Waals surface area contributed by atoms with E-state index in [4.69, 9.17) is 5.26 Å². The summed E-state index contributed by atoms with van der Waals surface area (Å²) in [7, 11) is 0. The number of rotatable bonds is 17. The van der Waals surface area contributed by atoms with Crippen LogP contribution >= 0.6 is 11.8 Å². The van der Waals surface area contributed by atoms with Crippen LogP contribution in [0, 0.1) is 0 Å². The van der Waals surface area contributed by atoms with Gasteiger partial charge in [0.1, 0.15) is 0 Å². The fraction of sp³-hybridized carbons (Fsp3) is 0.941. The van der Waals surface area contributed by atoms with Gasteiger partial charge in [0.2, 0.25) is 0 Å². The van der Waals surface area contributed by atoms with E-state index in [1.165, 1.54) is 69.3 Å². The maximum absolute atomic E-state index is 10.6. The Morgan fingerprint density at radius 1 is 0.909 bits per heavy atom. The number of hydrogen-bond acceptors (Lipinski definition) is 5. The van der Waals surface area contributed by atoms with Crippen molar-refractivity contribution in [2.24, 2.45) is 0 Å². The van der Waals surface area contributed by atoms with Crippen LogP contribution in [-0.4, -0.2) is 35.8 Å². The standard InChI is InChI=1S/C17H35NO3S/c1-2-15-22-16-11-9-7-5-3-4-6-8-10-13-18-14-12-17(19)21-20/h18,20H,2-16H2,1H3. The third kappa shape index (κ3) is 17.8. The second-order valence-electron chi connectivity index (χ2n) is 5.76. The van der Waals surface area contributed by atoms with Crippen LogP contribution in [0.15, 0.2) is 0 Å². The summed E-state index contributed by atoms with van der Waals surface area (Å²) in [5.41, 5.74) is 0. The lowest BCUT2D eigenvalue weighted by atomic mass is 10.1. The second kappa shape index (κ2) is 18.8. The lowest BCUT2D eigenvalue weighted by Gasteiger charge is -2.04. The van der Waals surface area contributed by atoms with Gasteiger partial charge in [0.05, 0.1) is 6.42 Å². The Bertz CT molecular complexity index is 240. The van der Waals surface area contributed by atoms with Gasteiger partial charge in [-0.1, -0.05) is 51.9 Å². The Balaban J connectivity index is 2.98. The summed E-state index contributed by atoms with van der Waals surface area (Å²) in [6, 6.07) is 0. The SMILES string of the molecule is CCCSCCCCCCCCCCCNCCC(=O)OO. The average molecular weight is 334 g/mol. The number of carbonyl (C=O) groups is 1. The molecule has 4 nitrogen and oxygen atoms in total. The maximum atomic E-state index is 10.6. The normalized spacial score (nSPS) is 10.8. The molecule has 0 saturated heterocycles. The van der Waals surface area contributed by atoms with Gasteiger partial charge in [0.15, 0.2) is 0 Å². The van der Waals surface area contributed by atoms with E-state index in [1.54, 1.807) is 0 Å². The molecule has 0 bridgehead atoms. The van der Waals surface area contributed by atoms with Gasteiger partial charge in [-0.25, -0.2) is 4.79 Å². The first kappa shape index (κ1) is 21.7. The monoisotopic (exact) mass is 333 g/mol. The smallest absolute Gasteiger partial charge is 0.316 e. The number of nitrogens with one attached hydrogen (secondary N) is 1. The first-order valence-corrected chi connectivity index (χ1v) is 10.1. The van der Waals surface area contributed by atoms with E-state index in [1.807, 2.05) is 0 Å². The minimum Gasteiger partial charge on any atom is -0.316 e. The van der Waals surface area contributed by atoms with E-state index in [0.29, 0.717) is 6.54 Å². The van der Waals surface area contributed by atoms with E-state index in [9.17, 15) is 4.79 Å². The summed E-state index contributed by atoms with van der Waals surface area (Å²) in [6.45, 7) is 3.76. The minimum absolute atomic E-state index is 0.230. The summed E-state index contributed by atoms with van der Waals surface area (Å²) < 4.78 is 0. The molecular weight excluding hydrogens is 298 g/mol. The van der Waals surface area contributed by atoms with Crippen molar-refractivity contribution in [1.82, 2.24) is 5.32 Å². The molecule has 0 aliphatic rings. The van der Waals surface area contributed by atoms with Crippen LogP contribution in [0.5, 0.6) is 0 Å². The van der Waals surface area contributed by atoms with Crippen LogP contribution in [0.1, 0.15) is 77.6 Å². The van der Waals surface area contributed by atoms with Crippen molar-refractivity contribution >= 4 is 17.7 Å². The highest BCUT2D eigenvalue weighted by Gasteiger charge is 2.00. The molecule has 0 spiro atoms. The topological polar surface area (TPSA) is 58.6 Å². The highest BCUT2D eigenvalue weighted by Crippen LogP contribution is 2.12. The number of hydrogen-bond donors (Lipinski definition) is 2. The maximum Gasteiger partial charge on any atom is 0.343 e. The van der Waals surface area contributed by atoms with Crippen molar-refractivity contribution in [3.05, 3.63) is 0 Å². The molecule has 0 saturated carbocycles. The fourth-order valence-corrected chi connectivity index (χ4v) is 3.20. The van der Waals surface area contributed by atoms with Crippen LogP contribution < -0.4 is 5.32 Å². The molecule has 0 rings (SSSR count). The molecule has 22 heavy (non-hydrogen) atoms. The van der Waals surface area contributed by atoms with Gasteiger partial charge in [-0.3, -0.25) is 0 Å². The Labute approximate surface area is 140 Å². The summed E-state index contributed by atoms with van der Waals surface area (Å²) in [6.07, 6.45) is 13.6. The van der Waals surface area contributed by atoms with Crippen molar-refractivity contribution in [3.8, 4) is 0 Å². The average Bonchev–Trinajstić information content (AvgIpc) is 2.54. The number of carbonyl (C=O) groups excluding carboxylic acids is 1. The molecular formula is C17H35NO3S. The Hall–Kier alpha value is -0.260. The Morgan fingerprint density at radius 2 is 1.50 bits per heavy atom. The molecule has 0 aromatic rings. The van der Waals surface area contributed by atoms with Crippen LogP contribution in [0.2, 0.25) is 0 Å². The molecule has 0 heterocycles. The molecule has 0 aliphatic carbocycles. The quantitative estimate of drug-likeness (QED) is 0.231. The molecule has 2 N–H and O–H groups in total. The second-order valence-corrected chi connectivity index (χ2v) is 6.98. The molecule has 0 fully saturated rings. The predicted octanol–water partition coefficient (Wildman–Crippen LogP) is 4.64. The molecule has 132 valence electrons. The summed E-state index contributed by atoms with van der Waals surface area (Å²) >= 11 is 2.09. The first-order chi connectivity index (χ1) is 10.8. The van der Waals surface area contributed by atoms with E-state index in [-0.39, 0.29) is 6.42 Å². The van der Waals surface area contributed by atoms with Crippen LogP contribution in [0.25, 0.3) is 0 Å². The van der Waals surface area contributed by atoms with E-state index in [0.717, 1.165) is 13.0 Å². The molecule has 0 aromatic carbocycles. The minimum atomic E-state index is -0.573. The first-order valence-electron chi connectivity index (χ1n) is 8.94. The third-order valence-corrected chi connectivity index (χ3v) is 4.87. The van der Waals surface area contributed by atoms with Crippen molar-refractivity contribution in [2.75, 3.05) is 24.6 Å². The van der Waals surface area contributed by atoms with Gasteiger partial charge in [-0.15, -0.1) is 0 Å². The van der Waals surface area contributed by atoms with Gasteiger partial charge in [-0.05, 0) is 37.3 Å². The largest absolute Gasteiger partial charge is 0.343 e. The fourth-order valence-electron chi connectivity index (χ4n) is 2.30. The molecule has 0 aromatic heterocycles. The Morgan fingerprint density at radius 3 is 2.09 bits per heavy atom. The van der Waals surface area contributed by atoms with Gasteiger partial charge in [0, 0.05) is 6.54 Å². The van der Waals surface area contributed by atoms with Crippen LogP contribution in [0.4, 0.5) is 0 Å². The van der Waals surface area contributed by atoms with Gasteiger partial charge < -0.3 is 10.2 Å². The number of unbranched alkanes of at least 4 members (excludes halogenated alkanes) is 8. The summed E-state index contributed by atoms with van der Waals surface area (Å²) in [5.74, 6) is 2.09. The van der Waals surface area contributed by atoms with Gasteiger partial charge in [0.25, 0.3) is 0 Å². The Kier molecular flexibility index (Phi) is 18.6. The van der Waals surface area contributed by atoms with Crippen LogP contribution in [-0.2, 0) is 9.68 Å². The summed E-state index contributed by atoms with van der Waals surface area (Å²) in [5, 5.41) is 11.3. The molecule has 0 amide bonds. The van der Waals surface area contributed by atoms with Crippen molar-refractivity contribution in [3.63, 3.8) is 0 Å². The molecule has 5 heteroatoms. The number of thioether (sulfide) groups is 1. The summed E-state index contributed by atoms with van der Waals surface area (Å²) in [4.78, 5) is 14.2. The van der Waals surface area contributed by atoms with Crippen LogP contribution in [0.3, 0.4) is 0 Å². The third-order valence-electron chi connectivity index (χ3n) is 3.60. The predicted molar refractivity (Wildman–Crippen MR) is 95.4 cm³/mol. The lowest BCUT2D eigenvalue weighted by Crippen LogP contribution is -2.19. The highest BCUT2D eigenvalue weighted by atomic mass is 32.2. The van der Waals surface area contributed by atoms with Gasteiger partial charge >= 0.3 is 5.97 Å². The molecule has 0 atom stereocenters. The lowest BCUT2D eigenvalue weighted by molar-refractivity contribution is -0.234. The van der Waals surface area contributed by atoms with Crippen molar-refractivity contribution in [1.29, 1.82) is 0 Å². The van der Waals surface area contributed by atoms with Crippen molar-refractivity contribution < 1.29 is 14.9 Å². The molecule has 0 radical (unpaired) electrons. The molecule has 0 unspecified atom stereocenters. The zero-order valence-corrected chi connectivity index (χ0v) is 15.1. The highest BCUT2D eigenvalue weighted by molar-refractivity contribution is 7.99. The zero-order chi connectivity index (χ0) is 16.3. The van der Waals surface area contributed by atoms with E-state index < -0.39 is 5.97 Å². The van der Waals surface area contributed by atoms with E-state index in [2.05, 4.69) is 28.9 Å².